The third-order valence-corrected chi connectivity index (χ3v) is 4.61. The highest BCUT2D eigenvalue weighted by molar-refractivity contribution is 5.78. The van der Waals surface area contributed by atoms with E-state index in [1.54, 1.807) is 12.4 Å². The molecule has 1 aromatic rings. The fourth-order valence-corrected chi connectivity index (χ4v) is 3.12. The van der Waals surface area contributed by atoms with Crippen LogP contribution in [0, 0.1) is 5.92 Å². The summed E-state index contributed by atoms with van der Waals surface area (Å²) in [5.74, 6) is -0.0864. The zero-order chi connectivity index (χ0) is 16.2. The molecule has 6 heteroatoms. The Morgan fingerprint density at radius 3 is 2.74 bits per heavy atom. The van der Waals surface area contributed by atoms with E-state index < -0.39 is 5.97 Å². The molecule has 1 aromatic heterocycles. The number of carboxylic acid groups (broad SMARTS) is 1. The highest BCUT2D eigenvalue weighted by Gasteiger charge is 2.37. The summed E-state index contributed by atoms with van der Waals surface area (Å²) in [5, 5.41) is 12.1. The van der Waals surface area contributed by atoms with Crippen LogP contribution < -0.4 is 5.32 Å². The number of hydrogen-bond acceptors (Lipinski definition) is 4. The molecular formula is C17H23N3O3. The van der Waals surface area contributed by atoms with Crippen molar-refractivity contribution in [1.82, 2.24) is 15.2 Å². The molecule has 0 bridgehead atoms. The van der Waals surface area contributed by atoms with Crippen LogP contribution in [0.4, 0.5) is 0 Å². The quantitative estimate of drug-likeness (QED) is 0.749. The molecular weight excluding hydrogens is 294 g/mol. The first-order valence-corrected chi connectivity index (χ1v) is 8.24. The van der Waals surface area contributed by atoms with Gasteiger partial charge in [0, 0.05) is 31.0 Å². The zero-order valence-electron chi connectivity index (χ0n) is 13.1. The predicted octanol–water partition coefficient (Wildman–Crippen LogP) is 1.07. The second kappa shape index (κ2) is 7.08. The van der Waals surface area contributed by atoms with Gasteiger partial charge in [-0.15, -0.1) is 0 Å². The van der Waals surface area contributed by atoms with Crippen LogP contribution in [0.3, 0.4) is 0 Å². The van der Waals surface area contributed by atoms with Crippen LogP contribution in [-0.4, -0.2) is 52.0 Å². The number of aromatic nitrogens is 1. The molecule has 23 heavy (non-hydrogen) atoms. The summed E-state index contributed by atoms with van der Waals surface area (Å²) in [7, 11) is 0. The van der Waals surface area contributed by atoms with E-state index in [-0.39, 0.29) is 24.5 Å². The summed E-state index contributed by atoms with van der Waals surface area (Å²) in [6.45, 7) is 0.991. The first kappa shape index (κ1) is 15.9. The van der Waals surface area contributed by atoms with Crippen LogP contribution in [0.15, 0.2) is 24.5 Å². The number of aliphatic carboxylic acids is 1. The SMILES string of the molecule is O=C(O)CN(CC1CC1)C1CC(NC(=O)Cc2cccnc2)C1. The minimum absolute atomic E-state index is 0.00780. The largest absolute Gasteiger partial charge is 0.480 e. The Balaban J connectivity index is 1.42. The molecule has 124 valence electrons. The van der Waals surface area contributed by atoms with E-state index in [2.05, 4.69) is 15.2 Å². The Labute approximate surface area is 135 Å². The van der Waals surface area contributed by atoms with Crippen molar-refractivity contribution in [2.75, 3.05) is 13.1 Å². The minimum Gasteiger partial charge on any atom is -0.480 e. The molecule has 0 spiro atoms. The van der Waals surface area contributed by atoms with Gasteiger partial charge in [0.2, 0.25) is 5.91 Å². The van der Waals surface area contributed by atoms with Crippen LogP contribution >= 0.6 is 0 Å². The first-order valence-electron chi connectivity index (χ1n) is 8.24. The molecule has 6 nitrogen and oxygen atoms in total. The summed E-state index contributed by atoms with van der Waals surface area (Å²) in [5.41, 5.74) is 0.905. The van der Waals surface area contributed by atoms with Crippen molar-refractivity contribution in [2.24, 2.45) is 5.92 Å². The van der Waals surface area contributed by atoms with Gasteiger partial charge in [-0.2, -0.15) is 0 Å². The number of pyridine rings is 1. The number of rotatable bonds is 8. The van der Waals surface area contributed by atoms with E-state index in [0.717, 1.165) is 24.9 Å². The van der Waals surface area contributed by atoms with Crippen LogP contribution in [-0.2, 0) is 16.0 Å². The van der Waals surface area contributed by atoms with Gasteiger partial charge in [-0.1, -0.05) is 6.07 Å². The lowest BCUT2D eigenvalue weighted by Crippen LogP contribution is -2.55. The molecule has 2 aliphatic rings. The van der Waals surface area contributed by atoms with Crippen molar-refractivity contribution in [3.8, 4) is 0 Å². The maximum atomic E-state index is 12.0. The van der Waals surface area contributed by atoms with Crippen molar-refractivity contribution in [3.05, 3.63) is 30.1 Å². The van der Waals surface area contributed by atoms with Crippen LogP contribution in [0.1, 0.15) is 31.2 Å². The normalized spacial score (nSPS) is 23.3. The predicted molar refractivity (Wildman–Crippen MR) is 84.8 cm³/mol. The van der Waals surface area contributed by atoms with Crippen molar-refractivity contribution in [3.63, 3.8) is 0 Å². The highest BCUT2D eigenvalue weighted by Crippen LogP contribution is 2.33. The second-order valence-corrected chi connectivity index (χ2v) is 6.69. The Kier molecular flexibility index (Phi) is 4.91. The number of hydrogen-bond donors (Lipinski definition) is 2. The molecule has 1 heterocycles. The lowest BCUT2D eigenvalue weighted by molar-refractivity contribution is -0.140. The van der Waals surface area contributed by atoms with Gasteiger partial charge in [-0.05, 0) is 43.2 Å². The van der Waals surface area contributed by atoms with Crippen LogP contribution in [0.2, 0.25) is 0 Å². The van der Waals surface area contributed by atoms with Crippen LogP contribution in [0.25, 0.3) is 0 Å². The summed E-state index contributed by atoms with van der Waals surface area (Å²) < 4.78 is 0. The van der Waals surface area contributed by atoms with Gasteiger partial charge in [-0.25, -0.2) is 0 Å². The van der Waals surface area contributed by atoms with Crippen molar-refractivity contribution in [1.29, 1.82) is 0 Å². The van der Waals surface area contributed by atoms with Gasteiger partial charge in [0.25, 0.3) is 0 Å². The standard InChI is InChI=1S/C17H23N3O3/c21-16(6-13-2-1-5-18-9-13)19-14-7-15(8-14)20(11-17(22)23)10-12-3-4-12/h1-2,5,9,12,14-15H,3-4,6-8,10-11H2,(H,19,21)(H,22,23). The first-order chi connectivity index (χ1) is 11.1. The Morgan fingerprint density at radius 2 is 2.13 bits per heavy atom. The highest BCUT2D eigenvalue weighted by atomic mass is 16.4. The fourth-order valence-electron chi connectivity index (χ4n) is 3.12. The number of carbonyl (C=O) groups excluding carboxylic acids is 1. The molecule has 0 unspecified atom stereocenters. The molecule has 0 aromatic carbocycles. The topological polar surface area (TPSA) is 82.5 Å². The number of nitrogens with zero attached hydrogens (tertiary/aromatic N) is 2. The third kappa shape index (κ3) is 4.76. The summed E-state index contributed by atoms with van der Waals surface area (Å²) in [4.78, 5) is 29.1. The van der Waals surface area contributed by atoms with Crippen molar-refractivity contribution >= 4 is 11.9 Å². The van der Waals surface area contributed by atoms with E-state index in [4.69, 9.17) is 5.11 Å². The average molecular weight is 317 g/mol. The summed E-state index contributed by atoms with van der Waals surface area (Å²) in [6.07, 6.45) is 7.86. The van der Waals surface area contributed by atoms with Crippen molar-refractivity contribution in [2.45, 2.75) is 44.2 Å². The second-order valence-electron chi connectivity index (χ2n) is 6.69. The average Bonchev–Trinajstić information content (AvgIpc) is 3.26. The third-order valence-electron chi connectivity index (χ3n) is 4.61. The van der Waals surface area contributed by atoms with Gasteiger partial charge < -0.3 is 10.4 Å². The van der Waals surface area contributed by atoms with E-state index in [9.17, 15) is 9.59 Å². The van der Waals surface area contributed by atoms with Gasteiger partial charge in [0.1, 0.15) is 0 Å². The fraction of sp³-hybridized carbons (Fsp3) is 0.588. The Morgan fingerprint density at radius 1 is 1.35 bits per heavy atom. The molecule has 0 saturated heterocycles. The maximum absolute atomic E-state index is 12.0. The molecule has 1 amide bonds. The van der Waals surface area contributed by atoms with E-state index in [1.165, 1.54) is 12.8 Å². The maximum Gasteiger partial charge on any atom is 0.317 e. The summed E-state index contributed by atoms with van der Waals surface area (Å²) >= 11 is 0. The lowest BCUT2D eigenvalue weighted by Gasteiger charge is -2.42. The molecule has 2 saturated carbocycles. The monoisotopic (exact) mass is 317 g/mol. The molecule has 2 N–H and O–H groups in total. The lowest BCUT2D eigenvalue weighted by atomic mass is 9.85. The van der Waals surface area contributed by atoms with Crippen molar-refractivity contribution < 1.29 is 14.7 Å². The Hall–Kier alpha value is -1.95. The minimum atomic E-state index is -0.769. The number of carboxylic acids is 1. The number of amides is 1. The zero-order valence-corrected chi connectivity index (χ0v) is 13.1. The van der Waals surface area contributed by atoms with Gasteiger partial charge in [0.15, 0.2) is 0 Å². The number of nitrogens with one attached hydrogen (secondary N) is 1. The molecule has 3 rings (SSSR count). The molecule has 0 aliphatic heterocycles. The van der Waals surface area contributed by atoms with E-state index in [1.807, 2.05) is 12.1 Å². The summed E-state index contributed by atoms with van der Waals surface area (Å²) in [6, 6.07) is 4.17. The Bertz CT molecular complexity index is 553. The molecule has 2 aliphatic carbocycles. The molecule has 0 atom stereocenters. The van der Waals surface area contributed by atoms with Crippen LogP contribution in [0.5, 0.6) is 0 Å². The van der Waals surface area contributed by atoms with Gasteiger partial charge in [0.05, 0.1) is 13.0 Å². The van der Waals surface area contributed by atoms with Gasteiger partial charge in [-0.3, -0.25) is 19.5 Å². The number of carbonyl (C=O) groups is 2. The van der Waals surface area contributed by atoms with Gasteiger partial charge >= 0.3 is 5.97 Å². The smallest absolute Gasteiger partial charge is 0.317 e. The molecule has 0 radical (unpaired) electrons. The van der Waals surface area contributed by atoms with E-state index in [0.29, 0.717) is 12.3 Å². The van der Waals surface area contributed by atoms with E-state index >= 15 is 0 Å². The molecule has 2 fully saturated rings.